The van der Waals surface area contributed by atoms with Crippen LogP contribution in [0.5, 0.6) is 0 Å². The predicted molar refractivity (Wildman–Crippen MR) is 116 cm³/mol. The average molecular weight is 434 g/mol. The molecule has 3 heterocycles. The number of sulfonamides is 1. The number of hydrogen-bond acceptors (Lipinski definition) is 5. The molecule has 1 aromatic heterocycles. The third-order valence-corrected chi connectivity index (χ3v) is 8.75. The number of carbonyl (C=O) groups is 1. The molecule has 1 N–H and O–H groups in total. The first-order valence-corrected chi connectivity index (χ1v) is 12.5. The molecule has 2 aliphatic heterocycles. The SMILES string of the molecule is C[C@@H](C(=O)Nc1ccc(S(=O)(=O)N2CCCC2)cc1)N1CCC[C@H]1c1cccs1. The molecule has 0 unspecified atom stereocenters. The maximum absolute atomic E-state index is 12.8. The standard InChI is InChI=1S/C21H27N3O3S2/c1-16(24-14-4-6-19(24)20-7-5-15-28-20)21(25)22-17-8-10-18(11-9-17)29(26,27)23-12-2-3-13-23/h5,7-11,15-16,19H,2-4,6,12-14H2,1H3,(H,22,25)/t16-,19-/m0/s1. The number of carbonyl (C=O) groups excluding carboxylic acids is 1. The molecule has 0 saturated carbocycles. The van der Waals surface area contributed by atoms with E-state index >= 15 is 0 Å². The van der Waals surface area contributed by atoms with Gasteiger partial charge in [-0.1, -0.05) is 6.07 Å². The van der Waals surface area contributed by atoms with Gasteiger partial charge in [0.25, 0.3) is 0 Å². The van der Waals surface area contributed by atoms with Gasteiger partial charge in [-0.2, -0.15) is 4.31 Å². The molecule has 1 aromatic carbocycles. The summed E-state index contributed by atoms with van der Waals surface area (Å²) in [4.78, 5) is 16.7. The first-order chi connectivity index (χ1) is 14.0. The predicted octanol–water partition coefficient (Wildman–Crippen LogP) is 3.70. The molecule has 0 aliphatic carbocycles. The summed E-state index contributed by atoms with van der Waals surface area (Å²) in [6.07, 6.45) is 3.98. The number of hydrogen-bond donors (Lipinski definition) is 1. The molecule has 2 fully saturated rings. The fraction of sp³-hybridized carbons (Fsp3) is 0.476. The molecule has 2 aliphatic rings. The van der Waals surface area contributed by atoms with E-state index in [0.29, 0.717) is 24.8 Å². The van der Waals surface area contributed by atoms with Crippen molar-refractivity contribution in [2.24, 2.45) is 0 Å². The zero-order valence-corrected chi connectivity index (χ0v) is 18.2. The van der Waals surface area contributed by atoms with Crippen molar-refractivity contribution in [2.45, 2.75) is 49.6 Å². The average Bonchev–Trinajstić information content (AvgIpc) is 3.49. The lowest BCUT2D eigenvalue weighted by Gasteiger charge is -2.29. The smallest absolute Gasteiger partial charge is 0.243 e. The Morgan fingerprint density at radius 2 is 1.83 bits per heavy atom. The van der Waals surface area contributed by atoms with Gasteiger partial charge < -0.3 is 5.32 Å². The van der Waals surface area contributed by atoms with Gasteiger partial charge in [0, 0.05) is 29.7 Å². The Hall–Kier alpha value is -1.74. The van der Waals surface area contributed by atoms with Gasteiger partial charge in [-0.3, -0.25) is 9.69 Å². The van der Waals surface area contributed by atoms with Crippen LogP contribution in [0.1, 0.15) is 43.5 Å². The second kappa shape index (κ2) is 8.55. The monoisotopic (exact) mass is 433 g/mol. The zero-order valence-electron chi connectivity index (χ0n) is 16.6. The highest BCUT2D eigenvalue weighted by molar-refractivity contribution is 7.89. The van der Waals surface area contributed by atoms with E-state index in [2.05, 4.69) is 27.7 Å². The molecule has 0 bridgehead atoms. The van der Waals surface area contributed by atoms with E-state index in [1.165, 1.54) is 9.18 Å². The Labute approximate surface area is 176 Å². The molecule has 1 amide bonds. The maximum Gasteiger partial charge on any atom is 0.243 e. The normalized spacial score (nSPS) is 22.0. The molecule has 29 heavy (non-hydrogen) atoms. The highest BCUT2D eigenvalue weighted by Gasteiger charge is 2.33. The first-order valence-electron chi connectivity index (χ1n) is 10.2. The van der Waals surface area contributed by atoms with Gasteiger partial charge >= 0.3 is 0 Å². The van der Waals surface area contributed by atoms with Crippen molar-refractivity contribution in [3.63, 3.8) is 0 Å². The van der Waals surface area contributed by atoms with Crippen molar-refractivity contribution < 1.29 is 13.2 Å². The maximum atomic E-state index is 12.8. The summed E-state index contributed by atoms with van der Waals surface area (Å²) in [5.74, 6) is -0.0661. The number of likely N-dealkylation sites (tertiary alicyclic amines) is 1. The molecule has 4 rings (SSSR count). The quantitative estimate of drug-likeness (QED) is 0.754. The minimum atomic E-state index is -3.43. The number of nitrogens with one attached hydrogen (secondary N) is 1. The Bertz CT molecular complexity index is 936. The van der Waals surface area contributed by atoms with Gasteiger partial charge in [-0.15, -0.1) is 11.3 Å². The molecule has 0 radical (unpaired) electrons. The number of benzene rings is 1. The molecule has 2 saturated heterocycles. The molecule has 156 valence electrons. The van der Waals surface area contributed by atoms with Crippen LogP contribution < -0.4 is 5.32 Å². The lowest BCUT2D eigenvalue weighted by atomic mass is 10.1. The van der Waals surface area contributed by atoms with Gasteiger partial charge in [-0.05, 0) is 74.9 Å². The van der Waals surface area contributed by atoms with Gasteiger partial charge in [-0.25, -0.2) is 8.42 Å². The summed E-state index contributed by atoms with van der Waals surface area (Å²) < 4.78 is 26.8. The molecule has 0 spiro atoms. The number of nitrogens with zero attached hydrogens (tertiary/aromatic N) is 2. The Balaban J connectivity index is 1.41. The van der Waals surface area contributed by atoms with Crippen LogP contribution in [0.4, 0.5) is 5.69 Å². The summed E-state index contributed by atoms with van der Waals surface area (Å²) in [6, 6.07) is 10.7. The number of amides is 1. The van der Waals surface area contributed by atoms with E-state index in [1.807, 2.05) is 6.92 Å². The Morgan fingerprint density at radius 1 is 1.10 bits per heavy atom. The Morgan fingerprint density at radius 3 is 2.48 bits per heavy atom. The van der Waals surface area contributed by atoms with Crippen molar-refractivity contribution in [3.8, 4) is 0 Å². The largest absolute Gasteiger partial charge is 0.325 e. The van der Waals surface area contributed by atoms with E-state index in [0.717, 1.165) is 32.2 Å². The first kappa shape index (κ1) is 20.5. The topological polar surface area (TPSA) is 69.7 Å². The molecular formula is C21H27N3O3S2. The molecular weight excluding hydrogens is 406 g/mol. The van der Waals surface area contributed by atoms with Crippen LogP contribution in [-0.4, -0.2) is 49.2 Å². The van der Waals surface area contributed by atoms with Gasteiger partial charge in [0.1, 0.15) is 0 Å². The lowest BCUT2D eigenvalue weighted by molar-refractivity contribution is -0.121. The summed E-state index contributed by atoms with van der Waals surface area (Å²) in [5, 5.41) is 5.02. The fourth-order valence-electron chi connectivity index (χ4n) is 4.22. The van der Waals surface area contributed by atoms with Crippen molar-refractivity contribution >= 4 is 33.0 Å². The van der Waals surface area contributed by atoms with Crippen LogP contribution in [0, 0.1) is 0 Å². The van der Waals surface area contributed by atoms with Gasteiger partial charge in [0.2, 0.25) is 15.9 Å². The third-order valence-electron chi connectivity index (χ3n) is 5.87. The van der Waals surface area contributed by atoms with Crippen LogP contribution in [0.25, 0.3) is 0 Å². The number of rotatable bonds is 6. The van der Waals surface area contributed by atoms with E-state index in [4.69, 9.17) is 0 Å². The van der Waals surface area contributed by atoms with Crippen LogP contribution in [0.2, 0.25) is 0 Å². The lowest BCUT2D eigenvalue weighted by Crippen LogP contribution is -2.41. The van der Waals surface area contributed by atoms with Crippen molar-refractivity contribution in [1.29, 1.82) is 0 Å². The minimum absolute atomic E-state index is 0.0661. The van der Waals surface area contributed by atoms with Crippen molar-refractivity contribution in [1.82, 2.24) is 9.21 Å². The number of anilines is 1. The van der Waals surface area contributed by atoms with E-state index in [9.17, 15) is 13.2 Å². The van der Waals surface area contributed by atoms with Crippen molar-refractivity contribution in [2.75, 3.05) is 25.0 Å². The molecule has 2 aromatic rings. The Kier molecular flexibility index (Phi) is 6.06. The van der Waals surface area contributed by atoms with Crippen LogP contribution in [-0.2, 0) is 14.8 Å². The summed E-state index contributed by atoms with van der Waals surface area (Å²) in [5.41, 5.74) is 0.620. The van der Waals surface area contributed by atoms with Crippen molar-refractivity contribution in [3.05, 3.63) is 46.7 Å². The minimum Gasteiger partial charge on any atom is -0.325 e. The second-order valence-electron chi connectivity index (χ2n) is 7.71. The molecule has 8 heteroatoms. The van der Waals surface area contributed by atoms with Crippen LogP contribution in [0.15, 0.2) is 46.7 Å². The van der Waals surface area contributed by atoms with E-state index in [1.54, 1.807) is 35.6 Å². The number of thiophene rings is 1. The molecule has 6 nitrogen and oxygen atoms in total. The molecule has 2 atom stereocenters. The highest BCUT2D eigenvalue weighted by atomic mass is 32.2. The fourth-order valence-corrected chi connectivity index (χ4v) is 6.62. The van der Waals surface area contributed by atoms with E-state index < -0.39 is 10.0 Å². The second-order valence-corrected chi connectivity index (χ2v) is 10.6. The van der Waals surface area contributed by atoms with Gasteiger partial charge in [0.15, 0.2) is 0 Å². The summed E-state index contributed by atoms with van der Waals surface area (Å²) in [7, 11) is -3.43. The third kappa shape index (κ3) is 4.26. The van der Waals surface area contributed by atoms with Crippen LogP contribution in [0.3, 0.4) is 0 Å². The van der Waals surface area contributed by atoms with Crippen LogP contribution >= 0.6 is 11.3 Å². The summed E-state index contributed by atoms with van der Waals surface area (Å²) >= 11 is 1.74. The summed E-state index contributed by atoms with van der Waals surface area (Å²) in [6.45, 7) is 4.01. The van der Waals surface area contributed by atoms with E-state index in [-0.39, 0.29) is 16.8 Å². The highest BCUT2D eigenvalue weighted by Crippen LogP contribution is 2.36. The van der Waals surface area contributed by atoms with Gasteiger partial charge in [0.05, 0.1) is 10.9 Å². The zero-order chi connectivity index (χ0) is 20.4.